The van der Waals surface area contributed by atoms with Crippen LogP contribution in [0, 0.1) is 0 Å². The first-order valence-electron chi connectivity index (χ1n) is 4.82. The second-order valence-corrected chi connectivity index (χ2v) is 3.23. The minimum absolute atomic E-state index is 0.0211. The van der Waals surface area contributed by atoms with Crippen LogP contribution in [0.4, 0.5) is 4.79 Å². The Morgan fingerprint density at radius 3 is 2.46 bits per heavy atom. The lowest BCUT2D eigenvalue weighted by atomic mass is 10.3. The highest BCUT2D eigenvalue weighted by atomic mass is 16.2. The Morgan fingerprint density at radius 2 is 2.08 bits per heavy atom. The molecule has 0 aliphatic heterocycles. The Hall–Kier alpha value is -0.770. The zero-order chi connectivity index (χ0) is 10.3. The largest absolute Gasteiger partial charge is 0.338 e. The van der Waals surface area contributed by atoms with Gasteiger partial charge < -0.3 is 15.5 Å². The Labute approximate surface area is 80.7 Å². The second kappa shape index (κ2) is 6.71. The lowest BCUT2D eigenvalue weighted by Crippen LogP contribution is -2.46. The van der Waals surface area contributed by atoms with E-state index in [9.17, 15) is 4.79 Å². The van der Waals surface area contributed by atoms with Gasteiger partial charge in [-0.2, -0.15) is 0 Å². The maximum Gasteiger partial charge on any atom is 0.317 e. The van der Waals surface area contributed by atoms with E-state index in [0.29, 0.717) is 6.54 Å². The van der Waals surface area contributed by atoms with Crippen LogP contribution in [0.3, 0.4) is 0 Å². The van der Waals surface area contributed by atoms with Gasteiger partial charge in [-0.15, -0.1) is 0 Å². The molecule has 0 radical (unpaired) electrons. The first-order chi connectivity index (χ1) is 6.13. The molecule has 0 aromatic carbocycles. The van der Waals surface area contributed by atoms with E-state index in [2.05, 4.69) is 10.6 Å². The summed E-state index contributed by atoms with van der Waals surface area (Å²) in [5.74, 6) is 0. The molecule has 0 aliphatic rings. The number of urea groups is 1. The molecule has 13 heavy (non-hydrogen) atoms. The van der Waals surface area contributed by atoms with E-state index in [4.69, 9.17) is 0 Å². The molecule has 78 valence electrons. The SMILES string of the molecule is CCNC(=O)N(CCNC)C(C)C. The predicted octanol–water partition coefficient (Wildman–Crippen LogP) is 0.646. The highest BCUT2D eigenvalue weighted by Crippen LogP contribution is 1.97. The van der Waals surface area contributed by atoms with Crippen molar-refractivity contribution < 1.29 is 4.79 Å². The van der Waals surface area contributed by atoms with E-state index in [1.165, 1.54) is 0 Å². The maximum atomic E-state index is 11.5. The fraction of sp³-hybridized carbons (Fsp3) is 0.889. The number of rotatable bonds is 5. The van der Waals surface area contributed by atoms with Gasteiger partial charge in [0.25, 0.3) is 0 Å². The number of amides is 2. The standard InChI is InChI=1S/C9H21N3O/c1-5-11-9(13)12(8(2)3)7-6-10-4/h8,10H,5-7H2,1-4H3,(H,11,13). The highest BCUT2D eigenvalue weighted by molar-refractivity contribution is 5.74. The van der Waals surface area contributed by atoms with Gasteiger partial charge in [0.05, 0.1) is 0 Å². The summed E-state index contributed by atoms with van der Waals surface area (Å²) in [5, 5.41) is 5.82. The third-order valence-corrected chi connectivity index (χ3v) is 1.81. The molecule has 2 amide bonds. The van der Waals surface area contributed by atoms with E-state index in [0.717, 1.165) is 13.1 Å². The molecule has 0 rings (SSSR count). The Kier molecular flexibility index (Phi) is 6.32. The van der Waals surface area contributed by atoms with Crippen LogP contribution in [0.1, 0.15) is 20.8 Å². The quantitative estimate of drug-likeness (QED) is 0.663. The first-order valence-corrected chi connectivity index (χ1v) is 4.82. The Morgan fingerprint density at radius 1 is 1.46 bits per heavy atom. The van der Waals surface area contributed by atoms with E-state index >= 15 is 0 Å². The average Bonchev–Trinajstić information content (AvgIpc) is 2.05. The molecule has 0 saturated heterocycles. The third kappa shape index (κ3) is 4.72. The normalized spacial score (nSPS) is 10.2. The van der Waals surface area contributed by atoms with Crippen molar-refractivity contribution in [3.05, 3.63) is 0 Å². The summed E-state index contributed by atoms with van der Waals surface area (Å²) in [6, 6.07) is 0.271. The fourth-order valence-electron chi connectivity index (χ4n) is 1.08. The summed E-state index contributed by atoms with van der Waals surface area (Å²) >= 11 is 0. The van der Waals surface area contributed by atoms with Crippen molar-refractivity contribution in [2.75, 3.05) is 26.7 Å². The van der Waals surface area contributed by atoms with E-state index < -0.39 is 0 Å². The molecular formula is C9H21N3O. The molecular weight excluding hydrogens is 166 g/mol. The molecule has 4 heteroatoms. The van der Waals surface area contributed by atoms with E-state index in [1.54, 1.807) is 0 Å². The van der Waals surface area contributed by atoms with E-state index in [1.807, 2.05) is 32.7 Å². The number of hydrogen-bond acceptors (Lipinski definition) is 2. The van der Waals surface area contributed by atoms with Crippen molar-refractivity contribution in [1.82, 2.24) is 15.5 Å². The number of nitrogens with one attached hydrogen (secondary N) is 2. The highest BCUT2D eigenvalue weighted by Gasteiger charge is 2.14. The third-order valence-electron chi connectivity index (χ3n) is 1.81. The Bertz CT molecular complexity index is 148. The van der Waals surface area contributed by atoms with Crippen LogP contribution < -0.4 is 10.6 Å². The topological polar surface area (TPSA) is 44.4 Å². The van der Waals surface area contributed by atoms with Gasteiger partial charge in [-0.1, -0.05) is 0 Å². The summed E-state index contributed by atoms with van der Waals surface area (Å²) in [6.45, 7) is 8.22. The molecule has 0 aromatic rings. The maximum absolute atomic E-state index is 11.5. The number of nitrogens with zero attached hydrogens (tertiary/aromatic N) is 1. The molecule has 0 heterocycles. The minimum atomic E-state index is 0.0211. The van der Waals surface area contributed by atoms with Crippen LogP contribution in [-0.2, 0) is 0 Å². The van der Waals surface area contributed by atoms with Crippen LogP contribution in [-0.4, -0.2) is 43.7 Å². The second-order valence-electron chi connectivity index (χ2n) is 3.23. The van der Waals surface area contributed by atoms with Gasteiger partial charge in [-0.25, -0.2) is 4.79 Å². The summed E-state index contributed by atoms with van der Waals surface area (Å²) in [4.78, 5) is 13.3. The molecule has 0 saturated carbocycles. The van der Waals surface area contributed by atoms with Gasteiger partial charge in [-0.3, -0.25) is 0 Å². The van der Waals surface area contributed by atoms with Crippen molar-refractivity contribution in [2.45, 2.75) is 26.8 Å². The van der Waals surface area contributed by atoms with Crippen LogP contribution >= 0.6 is 0 Å². The van der Waals surface area contributed by atoms with Gasteiger partial charge in [0.2, 0.25) is 0 Å². The molecule has 0 aromatic heterocycles. The van der Waals surface area contributed by atoms with Crippen LogP contribution in [0.5, 0.6) is 0 Å². The predicted molar refractivity (Wildman–Crippen MR) is 54.8 cm³/mol. The van der Waals surface area contributed by atoms with E-state index in [-0.39, 0.29) is 12.1 Å². The average molecular weight is 187 g/mol. The molecule has 0 spiro atoms. The number of carbonyl (C=O) groups is 1. The molecule has 4 nitrogen and oxygen atoms in total. The lowest BCUT2D eigenvalue weighted by molar-refractivity contribution is 0.184. The summed E-state index contributed by atoms with van der Waals surface area (Å²) in [7, 11) is 1.89. The van der Waals surface area contributed by atoms with Gasteiger partial charge in [0, 0.05) is 25.7 Å². The van der Waals surface area contributed by atoms with Gasteiger partial charge in [-0.05, 0) is 27.8 Å². The first kappa shape index (κ1) is 12.2. The van der Waals surface area contributed by atoms with Crippen LogP contribution in [0.2, 0.25) is 0 Å². The number of carbonyl (C=O) groups excluding carboxylic acids is 1. The molecule has 0 bridgehead atoms. The molecule has 0 unspecified atom stereocenters. The zero-order valence-corrected chi connectivity index (χ0v) is 9.05. The Balaban J connectivity index is 3.99. The summed E-state index contributed by atoms with van der Waals surface area (Å²) in [5.41, 5.74) is 0. The lowest BCUT2D eigenvalue weighted by Gasteiger charge is -2.26. The monoisotopic (exact) mass is 187 g/mol. The van der Waals surface area contributed by atoms with Gasteiger partial charge in [0.15, 0.2) is 0 Å². The van der Waals surface area contributed by atoms with Crippen LogP contribution in [0.15, 0.2) is 0 Å². The zero-order valence-electron chi connectivity index (χ0n) is 9.05. The van der Waals surface area contributed by atoms with Crippen LogP contribution in [0.25, 0.3) is 0 Å². The minimum Gasteiger partial charge on any atom is -0.338 e. The fourth-order valence-corrected chi connectivity index (χ4v) is 1.08. The van der Waals surface area contributed by atoms with Crippen molar-refractivity contribution >= 4 is 6.03 Å². The van der Waals surface area contributed by atoms with Crippen molar-refractivity contribution in [2.24, 2.45) is 0 Å². The van der Waals surface area contributed by atoms with Gasteiger partial charge in [0.1, 0.15) is 0 Å². The molecule has 0 atom stereocenters. The number of hydrogen-bond donors (Lipinski definition) is 2. The van der Waals surface area contributed by atoms with Gasteiger partial charge >= 0.3 is 6.03 Å². The summed E-state index contributed by atoms with van der Waals surface area (Å²) < 4.78 is 0. The van der Waals surface area contributed by atoms with Crippen molar-refractivity contribution in [3.8, 4) is 0 Å². The summed E-state index contributed by atoms with van der Waals surface area (Å²) in [6.07, 6.45) is 0. The van der Waals surface area contributed by atoms with Crippen molar-refractivity contribution in [3.63, 3.8) is 0 Å². The molecule has 0 fully saturated rings. The molecule has 0 aliphatic carbocycles. The van der Waals surface area contributed by atoms with Crippen molar-refractivity contribution in [1.29, 1.82) is 0 Å². The smallest absolute Gasteiger partial charge is 0.317 e. The molecule has 2 N–H and O–H groups in total. The number of likely N-dealkylation sites (N-methyl/N-ethyl adjacent to an activating group) is 1.